The Morgan fingerprint density at radius 1 is 1.50 bits per heavy atom. The first-order valence-electron chi connectivity index (χ1n) is 5.07. The summed E-state index contributed by atoms with van der Waals surface area (Å²) >= 11 is 1.75. The Morgan fingerprint density at radius 2 is 2.29 bits per heavy atom. The van der Waals surface area contributed by atoms with E-state index in [9.17, 15) is 0 Å². The first kappa shape index (κ1) is 11.7. The molecule has 1 aromatic heterocycles. The smallest absolute Gasteiger partial charge is 0.0661 e. The first-order valence-corrected chi connectivity index (χ1v) is 6.01. The van der Waals surface area contributed by atoms with Crippen LogP contribution in [0.15, 0.2) is 10.8 Å². The molecule has 0 bridgehead atoms. The zero-order chi connectivity index (χ0) is 10.4. The second-order valence-corrected chi connectivity index (χ2v) is 4.17. The molecule has 1 rings (SSSR count). The Bertz CT molecular complexity index is 260. The minimum atomic E-state index is 0.341. The second kappa shape index (κ2) is 6.17. The van der Waals surface area contributed by atoms with Crippen molar-refractivity contribution >= 4 is 11.3 Å². The van der Waals surface area contributed by atoms with Gasteiger partial charge in [0, 0.05) is 6.61 Å². The maximum Gasteiger partial charge on any atom is 0.0661 e. The average Bonchev–Trinajstić information content (AvgIpc) is 2.60. The van der Waals surface area contributed by atoms with Gasteiger partial charge in [0.15, 0.2) is 0 Å². The van der Waals surface area contributed by atoms with Crippen molar-refractivity contribution in [2.45, 2.75) is 26.3 Å². The van der Waals surface area contributed by atoms with Gasteiger partial charge in [0.1, 0.15) is 0 Å². The lowest BCUT2D eigenvalue weighted by Gasteiger charge is -2.16. The van der Waals surface area contributed by atoms with Gasteiger partial charge in [0.2, 0.25) is 0 Å². The van der Waals surface area contributed by atoms with E-state index in [0.717, 1.165) is 19.6 Å². The molecule has 0 fully saturated rings. The molecule has 1 atom stereocenters. The van der Waals surface area contributed by atoms with Crippen LogP contribution in [-0.2, 0) is 4.74 Å². The van der Waals surface area contributed by atoms with Gasteiger partial charge >= 0.3 is 0 Å². The van der Waals surface area contributed by atoms with Gasteiger partial charge in [-0.1, -0.05) is 6.92 Å². The normalized spacial score (nSPS) is 13.1. The molecule has 0 aliphatic carbocycles. The molecule has 0 aliphatic rings. The number of aryl methyl sites for hydroxylation is 1. The van der Waals surface area contributed by atoms with Crippen LogP contribution in [0.3, 0.4) is 0 Å². The second-order valence-electron chi connectivity index (χ2n) is 3.43. The highest BCUT2D eigenvalue weighted by Gasteiger charge is 2.12. The minimum Gasteiger partial charge on any atom is -0.379 e. The number of rotatable bonds is 6. The molecule has 1 heterocycles. The van der Waals surface area contributed by atoms with Crippen molar-refractivity contribution in [1.29, 1.82) is 0 Å². The van der Waals surface area contributed by atoms with Gasteiger partial charge in [0.05, 0.1) is 12.6 Å². The SMILES string of the molecule is CCCOCC(NC)c1cscc1C. The molecule has 1 aromatic rings. The van der Waals surface area contributed by atoms with Crippen molar-refractivity contribution in [1.82, 2.24) is 5.32 Å². The topological polar surface area (TPSA) is 21.3 Å². The number of thiophene rings is 1. The molecule has 0 aromatic carbocycles. The summed E-state index contributed by atoms with van der Waals surface area (Å²) in [6.45, 7) is 5.89. The van der Waals surface area contributed by atoms with Crippen LogP contribution < -0.4 is 5.32 Å². The van der Waals surface area contributed by atoms with Crippen molar-refractivity contribution < 1.29 is 4.74 Å². The Hall–Kier alpha value is -0.380. The van der Waals surface area contributed by atoms with E-state index in [-0.39, 0.29) is 0 Å². The van der Waals surface area contributed by atoms with Crippen LogP contribution in [0.1, 0.15) is 30.5 Å². The summed E-state index contributed by atoms with van der Waals surface area (Å²) in [5.74, 6) is 0. The monoisotopic (exact) mass is 213 g/mol. The molecule has 0 aliphatic heterocycles. The Balaban J connectivity index is 2.50. The summed E-state index contributed by atoms with van der Waals surface area (Å²) in [5.41, 5.74) is 2.73. The van der Waals surface area contributed by atoms with Crippen molar-refractivity contribution in [2.75, 3.05) is 20.3 Å². The lowest BCUT2D eigenvalue weighted by Crippen LogP contribution is -2.22. The maximum atomic E-state index is 5.56. The van der Waals surface area contributed by atoms with Crippen LogP contribution >= 0.6 is 11.3 Å². The molecule has 80 valence electrons. The van der Waals surface area contributed by atoms with E-state index in [1.54, 1.807) is 11.3 Å². The van der Waals surface area contributed by atoms with E-state index < -0.39 is 0 Å². The van der Waals surface area contributed by atoms with Gasteiger partial charge < -0.3 is 10.1 Å². The van der Waals surface area contributed by atoms with E-state index in [4.69, 9.17) is 4.74 Å². The number of nitrogens with one attached hydrogen (secondary N) is 1. The summed E-state index contributed by atoms with van der Waals surface area (Å²) in [6, 6.07) is 0.341. The summed E-state index contributed by atoms with van der Waals surface area (Å²) < 4.78 is 5.56. The highest BCUT2D eigenvalue weighted by molar-refractivity contribution is 7.08. The van der Waals surface area contributed by atoms with Crippen molar-refractivity contribution in [2.24, 2.45) is 0 Å². The molecular formula is C11H19NOS. The fourth-order valence-corrected chi connectivity index (χ4v) is 2.31. The molecule has 14 heavy (non-hydrogen) atoms. The van der Waals surface area contributed by atoms with Gasteiger partial charge in [0.25, 0.3) is 0 Å². The largest absolute Gasteiger partial charge is 0.379 e. The summed E-state index contributed by atoms with van der Waals surface area (Å²) in [7, 11) is 1.98. The Kier molecular flexibility index (Phi) is 5.15. The fraction of sp³-hybridized carbons (Fsp3) is 0.636. The average molecular weight is 213 g/mol. The van der Waals surface area contributed by atoms with Crippen molar-refractivity contribution in [3.63, 3.8) is 0 Å². The molecule has 3 heteroatoms. The predicted molar refractivity (Wildman–Crippen MR) is 62.0 cm³/mol. The number of hydrogen-bond acceptors (Lipinski definition) is 3. The van der Waals surface area contributed by atoms with Gasteiger partial charge in [-0.15, -0.1) is 0 Å². The molecule has 0 amide bonds. The number of ether oxygens (including phenoxy) is 1. The van der Waals surface area contributed by atoms with E-state index in [2.05, 4.69) is 29.9 Å². The lowest BCUT2D eigenvalue weighted by atomic mass is 10.1. The third-order valence-electron chi connectivity index (χ3n) is 2.25. The molecule has 0 spiro atoms. The van der Waals surface area contributed by atoms with Crippen molar-refractivity contribution in [3.05, 3.63) is 21.9 Å². The third kappa shape index (κ3) is 3.08. The summed E-state index contributed by atoms with van der Waals surface area (Å²) in [4.78, 5) is 0. The molecule has 1 unspecified atom stereocenters. The van der Waals surface area contributed by atoms with E-state index in [0.29, 0.717) is 6.04 Å². The van der Waals surface area contributed by atoms with Gasteiger partial charge in [-0.3, -0.25) is 0 Å². The van der Waals surface area contributed by atoms with Crippen LogP contribution in [0, 0.1) is 6.92 Å². The highest BCUT2D eigenvalue weighted by atomic mass is 32.1. The summed E-state index contributed by atoms with van der Waals surface area (Å²) in [6.07, 6.45) is 1.08. The predicted octanol–water partition coefficient (Wildman–Crippen LogP) is 2.74. The molecule has 0 saturated heterocycles. The van der Waals surface area contributed by atoms with Crippen LogP contribution in [0.25, 0.3) is 0 Å². The number of likely N-dealkylation sites (N-methyl/N-ethyl adjacent to an activating group) is 1. The lowest BCUT2D eigenvalue weighted by molar-refractivity contribution is 0.114. The van der Waals surface area contributed by atoms with E-state index in [1.165, 1.54) is 11.1 Å². The summed E-state index contributed by atoms with van der Waals surface area (Å²) in [5, 5.41) is 7.67. The van der Waals surface area contributed by atoms with Crippen molar-refractivity contribution in [3.8, 4) is 0 Å². The Morgan fingerprint density at radius 3 is 2.79 bits per heavy atom. The van der Waals surface area contributed by atoms with E-state index in [1.807, 2.05) is 7.05 Å². The zero-order valence-electron chi connectivity index (χ0n) is 9.17. The quantitative estimate of drug-likeness (QED) is 0.734. The first-order chi connectivity index (χ1) is 6.79. The fourth-order valence-electron chi connectivity index (χ4n) is 1.40. The molecule has 0 radical (unpaired) electrons. The van der Waals surface area contributed by atoms with Crippen LogP contribution in [0.2, 0.25) is 0 Å². The molecule has 0 saturated carbocycles. The standard InChI is InChI=1S/C11H19NOS/c1-4-5-13-6-11(12-3)10-8-14-7-9(10)2/h7-8,11-12H,4-6H2,1-3H3. The Labute approximate surface area is 90.3 Å². The maximum absolute atomic E-state index is 5.56. The number of hydrogen-bond donors (Lipinski definition) is 1. The highest BCUT2D eigenvalue weighted by Crippen LogP contribution is 2.21. The molecule has 1 N–H and O–H groups in total. The van der Waals surface area contributed by atoms with Gasteiger partial charge in [-0.25, -0.2) is 0 Å². The zero-order valence-corrected chi connectivity index (χ0v) is 9.99. The molecular weight excluding hydrogens is 194 g/mol. The minimum absolute atomic E-state index is 0.341. The molecule has 2 nitrogen and oxygen atoms in total. The van der Waals surface area contributed by atoms with Gasteiger partial charge in [-0.05, 0) is 42.3 Å². The van der Waals surface area contributed by atoms with Gasteiger partial charge in [-0.2, -0.15) is 11.3 Å². The van der Waals surface area contributed by atoms with Crippen LogP contribution in [-0.4, -0.2) is 20.3 Å². The van der Waals surface area contributed by atoms with E-state index >= 15 is 0 Å². The van der Waals surface area contributed by atoms with Crippen LogP contribution in [0.5, 0.6) is 0 Å². The third-order valence-corrected chi connectivity index (χ3v) is 3.13. The van der Waals surface area contributed by atoms with Crippen LogP contribution in [0.4, 0.5) is 0 Å².